The first-order chi connectivity index (χ1) is 11.8. The molecule has 0 saturated carbocycles. The first kappa shape index (κ1) is 14.5. The van der Waals surface area contributed by atoms with Crippen LogP contribution < -0.4 is 5.43 Å². The van der Waals surface area contributed by atoms with Crippen molar-refractivity contribution in [2.75, 3.05) is 7.05 Å². The summed E-state index contributed by atoms with van der Waals surface area (Å²) in [6.07, 6.45) is 0. The van der Waals surface area contributed by atoms with E-state index < -0.39 is 0 Å². The minimum absolute atomic E-state index is 0.886. The summed E-state index contributed by atoms with van der Waals surface area (Å²) >= 11 is 0. The molecule has 0 fully saturated rings. The van der Waals surface area contributed by atoms with Gasteiger partial charge in [-0.25, -0.2) is 0 Å². The third-order valence-electron chi connectivity index (χ3n) is 4.28. The van der Waals surface area contributed by atoms with Crippen LogP contribution in [0, 0.1) is 0 Å². The number of nitrogens with zero attached hydrogens (tertiary/aromatic N) is 1. The van der Waals surface area contributed by atoms with Gasteiger partial charge in [0.15, 0.2) is 0 Å². The minimum atomic E-state index is 0.886. The zero-order valence-electron chi connectivity index (χ0n) is 13.7. The smallest absolute Gasteiger partial charge is 0.136 e. The van der Waals surface area contributed by atoms with E-state index in [-0.39, 0.29) is 0 Å². The maximum atomic E-state index is 6.11. The second-order valence-electron chi connectivity index (χ2n) is 5.75. The lowest BCUT2D eigenvalue weighted by atomic mass is 9.96. The molecule has 0 bridgehead atoms. The van der Waals surface area contributed by atoms with Crippen molar-refractivity contribution in [2.45, 2.75) is 6.92 Å². The first-order valence-electron chi connectivity index (χ1n) is 8.00. The van der Waals surface area contributed by atoms with Gasteiger partial charge >= 0.3 is 0 Å². The number of hydrogen-bond acceptors (Lipinski definition) is 3. The van der Waals surface area contributed by atoms with Crippen molar-refractivity contribution in [3.8, 4) is 11.1 Å². The Morgan fingerprint density at radius 3 is 2.29 bits per heavy atom. The molecule has 1 aromatic heterocycles. The summed E-state index contributed by atoms with van der Waals surface area (Å²) in [6.45, 7) is 2.01. The quantitative estimate of drug-likeness (QED) is 0.417. The number of benzene rings is 3. The Kier molecular flexibility index (Phi) is 3.54. The average Bonchev–Trinajstić information content (AvgIpc) is 3.01. The molecule has 0 aliphatic carbocycles. The summed E-state index contributed by atoms with van der Waals surface area (Å²) in [6, 6.07) is 22.7. The Morgan fingerprint density at radius 1 is 0.833 bits per heavy atom. The summed E-state index contributed by atoms with van der Waals surface area (Å²) in [5.74, 6) is 0. The lowest BCUT2D eigenvalue weighted by molar-refractivity contribution is 0.669. The SMILES string of the molecule is CN/N=C(\C)c1cccc2oc3cccc(-c4ccccc4)c3c12. The number of hydrogen-bond donors (Lipinski definition) is 1. The van der Waals surface area contributed by atoms with Crippen molar-refractivity contribution < 1.29 is 4.42 Å². The molecule has 0 unspecified atom stereocenters. The van der Waals surface area contributed by atoms with Crippen LogP contribution in [0.2, 0.25) is 0 Å². The van der Waals surface area contributed by atoms with Gasteiger partial charge in [-0.05, 0) is 30.2 Å². The highest BCUT2D eigenvalue weighted by molar-refractivity contribution is 6.21. The van der Waals surface area contributed by atoms with Gasteiger partial charge in [0.1, 0.15) is 11.2 Å². The van der Waals surface area contributed by atoms with Crippen LogP contribution in [0.5, 0.6) is 0 Å². The molecule has 3 heteroatoms. The van der Waals surface area contributed by atoms with Gasteiger partial charge in [-0.3, -0.25) is 0 Å². The minimum Gasteiger partial charge on any atom is -0.456 e. The molecule has 0 spiro atoms. The molecule has 0 radical (unpaired) electrons. The van der Waals surface area contributed by atoms with Crippen molar-refractivity contribution in [1.29, 1.82) is 0 Å². The van der Waals surface area contributed by atoms with Crippen molar-refractivity contribution in [3.05, 3.63) is 72.3 Å². The van der Waals surface area contributed by atoms with E-state index in [1.807, 2.05) is 44.3 Å². The molecule has 0 amide bonds. The number of fused-ring (bicyclic) bond motifs is 3. The van der Waals surface area contributed by atoms with E-state index in [0.717, 1.165) is 33.2 Å². The monoisotopic (exact) mass is 314 g/mol. The van der Waals surface area contributed by atoms with E-state index >= 15 is 0 Å². The molecule has 118 valence electrons. The van der Waals surface area contributed by atoms with Gasteiger partial charge in [0, 0.05) is 23.4 Å². The Morgan fingerprint density at radius 2 is 1.54 bits per heavy atom. The summed E-state index contributed by atoms with van der Waals surface area (Å²) in [5, 5.41) is 6.61. The summed E-state index contributed by atoms with van der Waals surface area (Å²) < 4.78 is 6.11. The number of rotatable bonds is 3. The molecule has 0 aliphatic rings. The third kappa shape index (κ3) is 2.26. The number of furan rings is 1. The maximum absolute atomic E-state index is 6.11. The zero-order chi connectivity index (χ0) is 16.5. The van der Waals surface area contributed by atoms with Gasteiger partial charge in [-0.15, -0.1) is 0 Å². The summed E-state index contributed by atoms with van der Waals surface area (Å²) in [4.78, 5) is 0. The molecule has 3 nitrogen and oxygen atoms in total. The van der Waals surface area contributed by atoms with Crippen LogP contribution >= 0.6 is 0 Å². The lowest BCUT2D eigenvalue weighted by Gasteiger charge is -2.06. The second-order valence-corrected chi connectivity index (χ2v) is 5.75. The maximum Gasteiger partial charge on any atom is 0.136 e. The average molecular weight is 314 g/mol. The predicted octanol–water partition coefficient (Wildman–Crippen LogP) is 5.20. The van der Waals surface area contributed by atoms with E-state index in [0.29, 0.717) is 0 Å². The third-order valence-corrected chi connectivity index (χ3v) is 4.28. The van der Waals surface area contributed by atoms with E-state index in [1.54, 1.807) is 0 Å². The van der Waals surface area contributed by atoms with Crippen molar-refractivity contribution >= 4 is 27.7 Å². The molecule has 4 aromatic rings. The van der Waals surface area contributed by atoms with E-state index in [9.17, 15) is 0 Å². The highest BCUT2D eigenvalue weighted by Gasteiger charge is 2.16. The van der Waals surface area contributed by atoms with E-state index in [1.165, 1.54) is 11.1 Å². The van der Waals surface area contributed by atoms with Gasteiger partial charge in [0.2, 0.25) is 0 Å². The van der Waals surface area contributed by atoms with Crippen LogP contribution in [0.4, 0.5) is 0 Å². The van der Waals surface area contributed by atoms with Crippen molar-refractivity contribution in [1.82, 2.24) is 5.43 Å². The Bertz CT molecular complexity index is 1050. The lowest BCUT2D eigenvalue weighted by Crippen LogP contribution is -2.03. The van der Waals surface area contributed by atoms with Gasteiger partial charge in [-0.1, -0.05) is 54.6 Å². The van der Waals surface area contributed by atoms with Crippen LogP contribution in [0.25, 0.3) is 33.1 Å². The molecular formula is C21H18N2O. The van der Waals surface area contributed by atoms with Crippen molar-refractivity contribution in [3.63, 3.8) is 0 Å². The molecule has 1 N–H and O–H groups in total. The number of hydrazone groups is 1. The molecule has 24 heavy (non-hydrogen) atoms. The highest BCUT2D eigenvalue weighted by Crippen LogP contribution is 2.38. The van der Waals surface area contributed by atoms with E-state index in [2.05, 4.69) is 46.9 Å². The molecule has 0 aliphatic heterocycles. The van der Waals surface area contributed by atoms with Gasteiger partial charge in [0.05, 0.1) is 5.71 Å². The topological polar surface area (TPSA) is 37.5 Å². The van der Waals surface area contributed by atoms with Crippen LogP contribution in [0.3, 0.4) is 0 Å². The largest absolute Gasteiger partial charge is 0.456 e. The van der Waals surface area contributed by atoms with E-state index in [4.69, 9.17) is 4.42 Å². The molecule has 0 saturated heterocycles. The Labute approximate surface area is 140 Å². The summed E-state index contributed by atoms with van der Waals surface area (Å²) in [5.41, 5.74) is 9.05. The summed E-state index contributed by atoms with van der Waals surface area (Å²) in [7, 11) is 1.81. The van der Waals surface area contributed by atoms with Crippen LogP contribution in [0.1, 0.15) is 12.5 Å². The Balaban J connectivity index is 2.13. The molecule has 1 heterocycles. The first-order valence-corrected chi connectivity index (χ1v) is 8.00. The predicted molar refractivity (Wildman–Crippen MR) is 100 cm³/mol. The van der Waals surface area contributed by atoms with Gasteiger partial charge in [-0.2, -0.15) is 5.10 Å². The molecular weight excluding hydrogens is 296 g/mol. The molecule has 4 rings (SSSR count). The fourth-order valence-corrected chi connectivity index (χ4v) is 3.25. The van der Waals surface area contributed by atoms with Crippen molar-refractivity contribution in [2.24, 2.45) is 5.10 Å². The zero-order valence-corrected chi connectivity index (χ0v) is 13.7. The molecule has 3 aromatic carbocycles. The van der Waals surface area contributed by atoms with Crippen LogP contribution in [-0.4, -0.2) is 12.8 Å². The number of nitrogens with one attached hydrogen (secondary N) is 1. The second kappa shape index (κ2) is 5.85. The fraction of sp³-hybridized carbons (Fsp3) is 0.0952. The van der Waals surface area contributed by atoms with Crippen LogP contribution in [-0.2, 0) is 0 Å². The highest BCUT2D eigenvalue weighted by atomic mass is 16.3. The Hall–Kier alpha value is -3.07. The van der Waals surface area contributed by atoms with Gasteiger partial charge < -0.3 is 9.84 Å². The molecule has 0 atom stereocenters. The normalized spacial score (nSPS) is 12.0. The fourth-order valence-electron chi connectivity index (χ4n) is 3.25. The van der Waals surface area contributed by atoms with Gasteiger partial charge in [0.25, 0.3) is 0 Å². The standard InChI is InChI=1S/C21H18N2O/c1-14(23-22-2)16-10-6-12-18-20(16)21-17(11-7-13-19(21)24-18)15-8-4-3-5-9-15/h3-13,22H,1-2H3/b23-14+. The van der Waals surface area contributed by atoms with Crippen LogP contribution in [0.15, 0.2) is 76.2 Å².